The lowest BCUT2D eigenvalue weighted by Crippen LogP contribution is -2.06. The highest BCUT2D eigenvalue weighted by Gasteiger charge is 2.14. The van der Waals surface area contributed by atoms with Gasteiger partial charge in [0.2, 0.25) is 0 Å². The summed E-state index contributed by atoms with van der Waals surface area (Å²) < 4.78 is 6.17. The molecular weight excluding hydrogens is 328 g/mol. The minimum absolute atomic E-state index is 0.0349. The highest BCUT2D eigenvalue weighted by atomic mass is 79.9. The summed E-state index contributed by atoms with van der Waals surface area (Å²) in [6.07, 6.45) is 0.260. The Morgan fingerprint density at radius 3 is 2.95 bits per heavy atom. The van der Waals surface area contributed by atoms with Crippen molar-refractivity contribution in [1.82, 2.24) is 4.98 Å². The van der Waals surface area contributed by atoms with Crippen molar-refractivity contribution in [3.63, 3.8) is 0 Å². The summed E-state index contributed by atoms with van der Waals surface area (Å²) in [5.74, 6) is 0.665. The van der Waals surface area contributed by atoms with Crippen LogP contribution in [0.4, 0.5) is 0 Å². The van der Waals surface area contributed by atoms with Crippen LogP contribution >= 0.6 is 27.3 Å². The Morgan fingerprint density at radius 2 is 2.32 bits per heavy atom. The van der Waals surface area contributed by atoms with E-state index in [0.717, 1.165) is 15.0 Å². The Morgan fingerprint density at radius 1 is 1.53 bits per heavy atom. The van der Waals surface area contributed by atoms with Gasteiger partial charge in [-0.3, -0.25) is 4.79 Å². The fourth-order valence-corrected chi connectivity index (χ4v) is 2.77. The Hall–Kier alpha value is -1.24. The molecular formula is C13H13BrN2O2S. The number of carbonyl (C=O) groups excluding carboxylic acids is 1. The van der Waals surface area contributed by atoms with Gasteiger partial charge in [-0.1, -0.05) is 15.9 Å². The van der Waals surface area contributed by atoms with E-state index in [0.29, 0.717) is 18.0 Å². The Labute approximate surface area is 123 Å². The zero-order valence-corrected chi connectivity index (χ0v) is 12.8. The van der Waals surface area contributed by atoms with Crippen molar-refractivity contribution >= 4 is 33.0 Å². The summed E-state index contributed by atoms with van der Waals surface area (Å²) in [7, 11) is 1.59. The van der Waals surface area contributed by atoms with E-state index >= 15 is 0 Å². The van der Waals surface area contributed by atoms with Crippen LogP contribution in [-0.2, 0) is 13.0 Å². The quantitative estimate of drug-likeness (QED) is 0.850. The molecule has 6 heteroatoms. The Kier molecular flexibility index (Phi) is 4.68. The summed E-state index contributed by atoms with van der Waals surface area (Å²) in [6, 6.07) is 5.59. The molecule has 19 heavy (non-hydrogen) atoms. The summed E-state index contributed by atoms with van der Waals surface area (Å²) in [5, 5.41) is 2.51. The number of carbonyl (C=O) groups is 1. The maximum absolute atomic E-state index is 12.2. The van der Waals surface area contributed by atoms with Crippen molar-refractivity contribution in [3.05, 3.63) is 44.3 Å². The van der Waals surface area contributed by atoms with Crippen LogP contribution in [0.3, 0.4) is 0 Å². The third-order valence-corrected chi connectivity index (χ3v) is 3.97. The van der Waals surface area contributed by atoms with E-state index < -0.39 is 0 Å². The van der Waals surface area contributed by atoms with Gasteiger partial charge >= 0.3 is 0 Å². The van der Waals surface area contributed by atoms with E-state index in [1.807, 2.05) is 18.2 Å². The van der Waals surface area contributed by atoms with E-state index in [9.17, 15) is 4.79 Å². The maximum atomic E-state index is 12.2. The molecule has 0 saturated carbocycles. The molecule has 0 fully saturated rings. The van der Waals surface area contributed by atoms with Crippen molar-refractivity contribution in [2.24, 2.45) is 5.73 Å². The topological polar surface area (TPSA) is 65.2 Å². The summed E-state index contributed by atoms with van der Waals surface area (Å²) in [5.41, 5.74) is 6.79. The molecule has 2 aromatic rings. The smallest absolute Gasteiger partial charge is 0.186 e. The average Bonchev–Trinajstić information content (AvgIpc) is 2.88. The molecule has 0 bridgehead atoms. The first-order chi connectivity index (χ1) is 9.13. The predicted octanol–water partition coefficient (Wildman–Crippen LogP) is 2.80. The van der Waals surface area contributed by atoms with E-state index in [4.69, 9.17) is 10.5 Å². The number of rotatable bonds is 5. The van der Waals surface area contributed by atoms with E-state index in [1.165, 1.54) is 11.3 Å². The van der Waals surface area contributed by atoms with Crippen LogP contribution < -0.4 is 10.5 Å². The molecule has 100 valence electrons. The second-order valence-corrected chi connectivity index (χ2v) is 5.75. The number of nitrogens with zero attached hydrogens (tertiary/aromatic N) is 1. The molecule has 0 atom stereocenters. The number of ketones is 1. The van der Waals surface area contributed by atoms with Crippen molar-refractivity contribution in [3.8, 4) is 5.75 Å². The van der Waals surface area contributed by atoms with Gasteiger partial charge in [0, 0.05) is 28.4 Å². The summed E-state index contributed by atoms with van der Waals surface area (Å²) in [6.45, 7) is 0.359. The molecule has 1 aromatic heterocycles. The van der Waals surface area contributed by atoms with Gasteiger partial charge in [-0.2, -0.15) is 0 Å². The second-order valence-electron chi connectivity index (χ2n) is 3.89. The van der Waals surface area contributed by atoms with Crippen molar-refractivity contribution in [1.29, 1.82) is 0 Å². The number of nitrogens with two attached hydrogens (primary N) is 1. The molecule has 0 unspecified atom stereocenters. The lowest BCUT2D eigenvalue weighted by Gasteiger charge is -2.07. The highest BCUT2D eigenvalue weighted by Crippen LogP contribution is 2.24. The first-order valence-electron chi connectivity index (χ1n) is 5.64. The molecule has 0 aliphatic heterocycles. The standard InChI is InChI=1S/C13H13BrN2O2S/c1-18-12-3-2-9(14)4-8(12)5-11(17)10-7-19-13(6-15)16-10/h2-4,7H,5-6,15H2,1H3. The molecule has 1 heterocycles. The molecule has 2 N–H and O–H groups in total. The maximum Gasteiger partial charge on any atom is 0.186 e. The van der Waals surface area contributed by atoms with Gasteiger partial charge < -0.3 is 10.5 Å². The monoisotopic (exact) mass is 340 g/mol. The number of thiazole rings is 1. The summed E-state index contributed by atoms with van der Waals surface area (Å²) in [4.78, 5) is 16.3. The number of hydrogen-bond acceptors (Lipinski definition) is 5. The fourth-order valence-electron chi connectivity index (χ4n) is 1.68. The van der Waals surface area contributed by atoms with Gasteiger partial charge in [-0.15, -0.1) is 11.3 Å². The average molecular weight is 341 g/mol. The lowest BCUT2D eigenvalue weighted by atomic mass is 10.1. The molecule has 0 amide bonds. The van der Waals surface area contributed by atoms with Gasteiger partial charge in [0.25, 0.3) is 0 Å². The zero-order valence-electron chi connectivity index (χ0n) is 10.4. The van der Waals surface area contributed by atoms with Gasteiger partial charge in [0.05, 0.1) is 7.11 Å². The number of Topliss-reactive ketones (excluding diaryl/α,β-unsaturated/α-hetero) is 1. The first kappa shape index (κ1) is 14.2. The number of benzene rings is 1. The molecule has 0 aliphatic carbocycles. The highest BCUT2D eigenvalue weighted by molar-refractivity contribution is 9.10. The first-order valence-corrected chi connectivity index (χ1v) is 7.31. The van der Waals surface area contributed by atoms with Crippen molar-refractivity contribution in [2.45, 2.75) is 13.0 Å². The fraction of sp³-hybridized carbons (Fsp3) is 0.231. The molecule has 0 spiro atoms. The van der Waals surface area contributed by atoms with Crippen LogP contribution in [0.1, 0.15) is 21.1 Å². The van der Waals surface area contributed by atoms with Gasteiger partial charge in [-0.25, -0.2) is 4.98 Å². The Balaban J connectivity index is 2.20. The van der Waals surface area contributed by atoms with Gasteiger partial charge in [0.1, 0.15) is 16.5 Å². The van der Waals surface area contributed by atoms with Crippen LogP contribution in [0.15, 0.2) is 28.1 Å². The van der Waals surface area contributed by atoms with Crippen LogP contribution in [-0.4, -0.2) is 17.9 Å². The normalized spacial score (nSPS) is 10.5. The van der Waals surface area contributed by atoms with Crippen LogP contribution in [0, 0.1) is 0 Å². The van der Waals surface area contributed by atoms with E-state index in [1.54, 1.807) is 12.5 Å². The van der Waals surface area contributed by atoms with Crippen molar-refractivity contribution in [2.75, 3.05) is 7.11 Å². The molecule has 0 saturated heterocycles. The second kappa shape index (κ2) is 6.27. The predicted molar refractivity (Wildman–Crippen MR) is 78.7 cm³/mol. The number of aromatic nitrogens is 1. The van der Waals surface area contributed by atoms with Gasteiger partial charge in [0.15, 0.2) is 5.78 Å². The Bertz CT molecular complexity index is 598. The van der Waals surface area contributed by atoms with Crippen LogP contribution in [0.2, 0.25) is 0 Å². The third-order valence-electron chi connectivity index (χ3n) is 2.61. The largest absolute Gasteiger partial charge is 0.496 e. The van der Waals surface area contributed by atoms with Crippen molar-refractivity contribution < 1.29 is 9.53 Å². The zero-order chi connectivity index (χ0) is 13.8. The molecule has 2 rings (SSSR count). The third kappa shape index (κ3) is 3.40. The molecule has 0 aliphatic rings. The number of hydrogen-bond donors (Lipinski definition) is 1. The molecule has 4 nitrogen and oxygen atoms in total. The SMILES string of the molecule is COc1ccc(Br)cc1CC(=O)c1csc(CN)n1. The number of halogens is 1. The van der Waals surface area contributed by atoms with Crippen LogP contribution in [0.5, 0.6) is 5.75 Å². The number of ether oxygens (including phenoxy) is 1. The molecule has 0 radical (unpaired) electrons. The van der Waals surface area contributed by atoms with E-state index in [-0.39, 0.29) is 12.2 Å². The van der Waals surface area contributed by atoms with Gasteiger partial charge in [-0.05, 0) is 18.2 Å². The summed E-state index contributed by atoms with van der Waals surface area (Å²) >= 11 is 4.79. The van der Waals surface area contributed by atoms with Crippen LogP contribution in [0.25, 0.3) is 0 Å². The van der Waals surface area contributed by atoms with E-state index in [2.05, 4.69) is 20.9 Å². The number of methoxy groups -OCH3 is 1. The lowest BCUT2D eigenvalue weighted by molar-refractivity contribution is 0.0988. The minimum atomic E-state index is -0.0349. The molecule has 1 aromatic carbocycles. The minimum Gasteiger partial charge on any atom is -0.496 e.